The molecule has 0 radical (unpaired) electrons. The highest BCUT2D eigenvalue weighted by Crippen LogP contribution is 2.60. The Hall–Kier alpha value is -0.960. The van der Waals surface area contributed by atoms with Crippen LogP contribution in [-0.4, -0.2) is 16.3 Å². The van der Waals surface area contributed by atoms with Crippen LogP contribution in [0.5, 0.6) is 5.75 Å². The Labute approximate surface area is 154 Å². The molecule has 1 unspecified atom stereocenters. The molecule has 4 heteroatoms. The molecule has 1 atom stereocenters. The minimum atomic E-state index is -0.829. The van der Waals surface area contributed by atoms with Crippen LogP contribution in [0, 0.1) is 16.2 Å². The largest absolute Gasteiger partial charge is 0.507 e. The predicted octanol–water partition coefficient (Wildman–Crippen LogP) is 6.00. The predicted molar refractivity (Wildman–Crippen MR) is 102 cm³/mol. The molecule has 1 aliphatic rings. The minimum Gasteiger partial charge on any atom is -0.507 e. The van der Waals surface area contributed by atoms with Crippen molar-refractivity contribution < 1.29 is 10.2 Å². The Bertz CT molecular complexity index is 689. The molecule has 2 nitrogen and oxygen atoms in total. The molecule has 0 spiro atoms. The van der Waals surface area contributed by atoms with Crippen molar-refractivity contribution in [1.29, 1.82) is 0 Å². The summed E-state index contributed by atoms with van der Waals surface area (Å²) in [5, 5.41) is 22.8. The van der Waals surface area contributed by atoms with Crippen LogP contribution in [0.3, 0.4) is 0 Å². The Morgan fingerprint density at radius 3 is 2.04 bits per heavy atom. The maximum absolute atomic E-state index is 11.4. The van der Waals surface area contributed by atoms with Crippen LogP contribution >= 0.6 is 23.2 Å². The van der Waals surface area contributed by atoms with Gasteiger partial charge < -0.3 is 10.2 Å². The number of hydrogen-bond acceptors (Lipinski definition) is 2. The number of hydrogen-bond donors (Lipinski definition) is 2. The van der Waals surface area contributed by atoms with Crippen molar-refractivity contribution in [3.05, 3.63) is 46.0 Å². The van der Waals surface area contributed by atoms with E-state index in [4.69, 9.17) is 23.2 Å². The van der Waals surface area contributed by atoms with Crippen LogP contribution in [0.15, 0.2) is 35.4 Å². The summed E-state index contributed by atoms with van der Waals surface area (Å²) in [6.45, 7) is 12.6. The van der Waals surface area contributed by atoms with Crippen LogP contribution in [0.25, 0.3) is 5.57 Å². The zero-order valence-corrected chi connectivity index (χ0v) is 16.6. The molecule has 24 heavy (non-hydrogen) atoms. The van der Waals surface area contributed by atoms with Gasteiger partial charge in [-0.2, -0.15) is 0 Å². The highest BCUT2D eigenvalue weighted by Gasteiger charge is 2.56. The van der Waals surface area contributed by atoms with Gasteiger partial charge in [0.2, 0.25) is 0 Å². The first-order valence-electron chi connectivity index (χ1n) is 8.08. The molecule has 1 aromatic carbocycles. The van der Waals surface area contributed by atoms with Crippen molar-refractivity contribution >= 4 is 28.8 Å². The average molecular weight is 369 g/mol. The monoisotopic (exact) mass is 368 g/mol. The molecule has 0 saturated heterocycles. The van der Waals surface area contributed by atoms with E-state index >= 15 is 0 Å². The first-order chi connectivity index (χ1) is 10.8. The fraction of sp³-hybridized carbons (Fsp3) is 0.500. The van der Waals surface area contributed by atoms with Crippen LogP contribution in [0.4, 0.5) is 0 Å². The Morgan fingerprint density at radius 1 is 1.00 bits per heavy atom. The van der Waals surface area contributed by atoms with E-state index in [1.165, 1.54) is 6.07 Å². The van der Waals surface area contributed by atoms with Gasteiger partial charge in [0.15, 0.2) is 0 Å². The molecule has 2 N–H and O–H groups in total. The molecule has 0 aliphatic heterocycles. The van der Waals surface area contributed by atoms with Crippen molar-refractivity contribution in [1.82, 2.24) is 0 Å². The maximum atomic E-state index is 11.4. The van der Waals surface area contributed by atoms with E-state index in [0.29, 0.717) is 21.2 Å². The number of benzene rings is 1. The summed E-state index contributed by atoms with van der Waals surface area (Å²) in [5.74, 6) is 0.0767. The highest BCUT2D eigenvalue weighted by molar-refractivity contribution is 6.32. The fourth-order valence-corrected chi connectivity index (χ4v) is 4.62. The van der Waals surface area contributed by atoms with Crippen LogP contribution < -0.4 is 0 Å². The van der Waals surface area contributed by atoms with Crippen LogP contribution in [0.1, 0.15) is 47.1 Å². The maximum Gasteiger partial charge on any atom is 0.123 e. The molecule has 0 saturated carbocycles. The van der Waals surface area contributed by atoms with Crippen LogP contribution in [-0.2, 0) is 0 Å². The Morgan fingerprint density at radius 2 is 1.54 bits per heavy atom. The third-order valence-corrected chi connectivity index (χ3v) is 5.59. The molecule has 2 rings (SSSR count). The lowest BCUT2D eigenvalue weighted by molar-refractivity contribution is -0.0660. The van der Waals surface area contributed by atoms with Gasteiger partial charge in [0.25, 0.3) is 0 Å². The fourth-order valence-electron chi connectivity index (χ4n) is 4.15. The first kappa shape index (κ1) is 19.4. The molecule has 0 bridgehead atoms. The van der Waals surface area contributed by atoms with Gasteiger partial charge >= 0.3 is 0 Å². The summed E-state index contributed by atoms with van der Waals surface area (Å²) >= 11 is 12.6. The van der Waals surface area contributed by atoms with Gasteiger partial charge in [-0.3, -0.25) is 0 Å². The zero-order valence-electron chi connectivity index (χ0n) is 15.1. The van der Waals surface area contributed by atoms with E-state index in [-0.39, 0.29) is 16.6 Å². The number of phenols is 1. The number of aromatic hydroxyl groups is 1. The summed E-state index contributed by atoms with van der Waals surface area (Å²) in [4.78, 5) is 0. The van der Waals surface area contributed by atoms with Gasteiger partial charge in [0, 0.05) is 21.0 Å². The van der Waals surface area contributed by atoms with Crippen molar-refractivity contribution in [3.8, 4) is 5.75 Å². The van der Waals surface area contributed by atoms with E-state index in [1.54, 1.807) is 18.2 Å². The van der Waals surface area contributed by atoms with Gasteiger partial charge in [0.1, 0.15) is 5.75 Å². The van der Waals surface area contributed by atoms with E-state index in [2.05, 4.69) is 41.5 Å². The number of aliphatic hydroxyl groups is 1. The summed E-state index contributed by atoms with van der Waals surface area (Å²) in [7, 11) is 0. The molecule has 0 heterocycles. The summed E-state index contributed by atoms with van der Waals surface area (Å²) < 4.78 is 0. The van der Waals surface area contributed by atoms with Gasteiger partial charge in [-0.05, 0) is 40.7 Å². The summed E-state index contributed by atoms with van der Waals surface area (Å²) in [6, 6.07) is 4.82. The normalized spacial score (nSPS) is 21.3. The van der Waals surface area contributed by atoms with Gasteiger partial charge in [0.05, 0.1) is 6.10 Å². The topological polar surface area (TPSA) is 40.5 Å². The lowest BCUT2D eigenvalue weighted by atomic mass is 9.49. The first-order valence-corrected chi connectivity index (χ1v) is 8.84. The van der Waals surface area contributed by atoms with E-state index in [9.17, 15) is 10.2 Å². The van der Waals surface area contributed by atoms with Crippen LogP contribution in [0.2, 0.25) is 5.02 Å². The Kier molecular flexibility index (Phi) is 4.91. The molecule has 132 valence electrons. The number of rotatable bonds is 1. The minimum absolute atomic E-state index is 0.0767. The second-order valence-corrected chi connectivity index (χ2v) is 9.43. The van der Waals surface area contributed by atoms with E-state index in [0.717, 1.165) is 0 Å². The molecule has 1 aromatic rings. The number of halogens is 2. The number of allylic oxidation sites excluding steroid dienone is 2. The van der Waals surface area contributed by atoms with Crippen molar-refractivity contribution in [2.75, 3.05) is 0 Å². The second kappa shape index (κ2) is 6.09. The molecule has 0 fully saturated rings. The number of phenolic OH excluding ortho intramolecular Hbond substituents is 1. The van der Waals surface area contributed by atoms with Crippen molar-refractivity contribution in [2.45, 2.75) is 47.6 Å². The molecular formula is C20H26Cl2O2. The number of aliphatic hydroxyl groups excluding tert-OH is 1. The van der Waals surface area contributed by atoms with Gasteiger partial charge in [-0.15, -0.1) is 0 Å². The standard InChI is InChI=1S/C20H26Cl2O2/c1-18(2,3)20(19(4,5)6)11-13(22)10-15(17(20)24)14-9-12(21)7-8-16(14)23/h7-11,17,23-24H,1-6H3. The average Bonchev–Trinajstić information content (AvgIpc) is 2.41. The van der Waals surface area contributed by atoms with E-state index < -0.39 is 11.5 Å². The smallest absolute Gasteiger partial charge is 0.123 e. The SMILES string of the molecule is CC(C)(C)C1(C(C)(C)C)C=C(Cl)C=C(c2cc(Cl)ccc2O)C1O. The third kappa shape index (κ3) is 3.00. The lowest BCUT2D eigenvalue weighted by Gasteiger charge is -2.56. The molecule has 0 amide bonds. The van der Waals surface area contributed by atoms with E-state index in [1.807, 2.05) is 6.08 Å². The third-order valence-electron chi connectivity index (χ3n) is 5.14. The van der Waals surface area contributed by atoms with Gasteiger partial charge in [-0.25, -0.2) is 0 Å². The molecule has 0 aromatic heterocycles. The zero-order chi connectivity index (χ0) is 18.5. The second-order valence-electron chi connectivity index (χ2n) is 8.56. The lowest BCUT2D eigenvalue weighted by Crippen LogP contribution is -2.54. The molecular weight excluding hydrogens is 343 g/mol. The summed E-state index contributed by atoms with van der Waals surface area (Å²) in [5.41, 5.74) is -0.0427. The quantitative estimate of drug-likeness (QED) is 0.637. The van der Waals surface area contributed by atoms with Gasteiger partial charge in [-0.1, -0.05) is 70.8 Å². The molecule has 1 aliphatic carbocycles. The highest BCUT2D eigenvalue weighted by atomic mass is 35.5. The summed E-state index contributed by atoms with van der Waals surface area (Å²) in [6.07, 6.45) is 2.85. The van der Waals surface area contributed by atoms with Crippen molar-refractivity contribution in [2.24, 2.45) is 16.2 Å². The Balaban J connectivity index is 2.75. The van der Waals surface area contributed by atoms with Crippen molar-refractivity contribution in [3.63, 3.8) is 0 Å².